The molecule has 2 nitrogen and oxygen atoms in total. The Morgan fingerprint density at radius 2 is 2.23 bits per heavy atom. The lowest BCUT2D eigenvalue weighted by atomic mass is 9.93. The van der Waals surface area contributed by atoms with Crippen molar-refractivity contribution in [3.63, 3.8) is 0 Å². The van der Waals surface area contributed by atoms with Crippen molar-refractivity contribution in [3.05, 3.63) is 0 Å². The smallest absolute Gasteiger partial charge is 0.0194 e. The van der Waals surface area contributed by atoms with Crippen molar-refractivity contribution in [2.24, 2.45) is 17.6 Å². The van der Waals surface area contributed by atoms with Crippen molar-refractivity contribution < 1.29 is 0 Å². The zero-order valence-electron chi connectivity index (χ0n) is 9.29. The molecule has 0 aliphatic carbocycles. The standard InChI is InChI=1S/C11H24N2/c1-4-9(2)7-13-6-5-10(3)11(12)8-13/h9-11H,4-8,12H2,1-3H3. The maximum Gasteiger partial charge on any atom is 0.0194 e. The maximum absolute atomic E-state index is 6.04. The normalized spacial score (nSPS) is 33.2. The highest BCUT2D eigenvalue weighted by molar-refractivity contribution is 4.80. The lowest BCUT2D eigenvalue weighted by molar-refractivity contribution is 0.149. The van der Waals surface area contributed by atoms with Crippen LogP contribution in [-0.4, -0.2) is 30.6 Å². The predicted octanol–water partition coefficient (Wildman–Crippen LogP) is 1.70. The molecule has 1 aliphatic heterocycles. The van der Waals surface area contributed by atoms with Crippen molar-refractivity contribution in [3.8, 4) is 0 Å². The average Bonchev–Trinajstić information content (AvgIpc) is 2.11. The van der Waals surface area contributed by atoms with E-state index in [9.17, 15) is 0 Å². The molecule has 1 rings (SSSR count). The fourth-order valence-corrected chi connectivity index (χ4v) is 1.91. The van der Waals surface area contributed by atoms with Crippen LogP contribution in [0.2, 0.25) is 0 Å². The monoisotopic (exact) mass is 184 g/mol. The highest BCUT2D eigenvalue weighted by atomic mass is 15.1. The summed E-state index contributed by atoms with van der Waals surface area (Å²) in [6, 6.07) is 0.401. The molecule has 0 amide bonds. The van der Waals surface area contributed by atoms with Gasteiger partial charge in [0, 0.05) is 19.1 Å². The quantitative estimate of drug-likeness (QED) is 0.723. The van der Waals surface area contributed by atoms with Crippen LogP contribution in [0.1, 0.15) is 33.6 Å². The lowest BCUT2D eigenvalue weighted by Gasteiger charge is -2.36. The van der Waals surface area contributed by atoms with Crippen LogP contribution in [0.15, 0.2) is 0 Å². The molecule has 1 heterocycles. The van der Waals surface area contributed by atoms with Gasteiger partial charge in [-0.05, 0) is 24.8 Å². The molecule has 0 aromatic heterocycles. The molecule has 0 bridgehead atoms. The molecule has 3 unspecified atom stereocenters. The minimum absolute atomic E-state index is 0.401. The largest absolute Gasteiger partial charge is 0.326 e. The Hall–Kier alpha value is -0.0800. The summed E-state index contributed by atoms with van der Waals surface area (Å²) in [6.45, 7) is 10.4. The van der Waals surface area contributed by atoms with Crippen LogP contribution in [0, 0.1) is 11.8 Å². The summed E-state index contributed by atoms with van der Waals surface area (Å²) in [7, 11) is 0. The van der Waals surface area contributed by atoms with Gasteiger partial charge in [-0.15, -0.1) is 0 Å². The summed E-state index contributed by atoms with van der Waals surface area (Å²) in [4.78, 5) is 2.53. The van der Waals surface area contributed by atoms with E-state index >= 15 is 0 Å². The molecule has 1 aliphatic rings. The molecule has 0 spiro atoms. The first-order valence-electron chi connectivity index (χ1n) is 5.61. The van der Waals surface area contributed by atoms with Crippen molar-refractivity contribution in [2.75, 3.05) is 19.6 Å². The van der Waals surface area contributed by atoms with Gasteiger partial charge in [-0.3, -0.25) is 0 Å². The Kier molecular flexibility index (Phi) is 4.20. The summed E-state index contributed by atoms with van der Waals surface area (Å²) in [5.74, 6) is 1.54. The van der Waals surface area contributed by atoms with Gasteiger partial charge < -0.3 is 10.6 Å². The number of nitrogens with two attached hydrogens (primary N) is 1. The molecule has 1 fully saturated rings. The molecule has 2 heteroatoms. The van der Waals surface area contributed by atoms with Crippen LogP contribution in [0.5, 0.6) is 0 Å². The first kappa shape index (κ1) is 11.0. The molecule has 3 atom stereocenters. The number of hydrogen-bond donors (Lipinski definition) is 1. The average molecular weight is 184 g/mol. The third-order valence-electron chi connectivity index (χ3n) is 3.37. The van der Waals surface area contributed by atoms with Crippen molar-refractivity contribution >= 4 is 0 Å². The van der Waals surface area contributed by atoms with Gasteiger partial charge in [0.05, 0.1) is 0 Å². The Morgan fingerprint density at radius 3 is 2.77 bits per heavy atom. The summed E-state index contributed by atoms with van der Waals surface area (Å²) in [6.07, 6.45) is 2.55. The SMILES string of the molecule is CCC(C)CN1CCC(C)C(N)C1. The minimum Gasteiger partial charge on any atom is -0.326 e. The van der Waals surface area contributed by atoms with Crippen LogP contribution in [0.25, 0.3) is 0 Å². The highest BCUT2D eigenvalue weighted by Crippen LogP contribution is 2.16. The van der Waals surface area contributed by atoms with Crippen LogP contribution in [0.3, 0.4) is 0 Å². The Labute approximate surface area is 82.5 Å². The topological polar surface area (TPSA) is 29.3 Å². The van der Waals surface area contributed by atoms with Gasteiger partial charge in [0.2, 0.25) is 0 Å². The van der Waals surface area contributed by atoms with E-state index < -0.39 is 0 Å². The molecule has 0 aromatic rings. The van der Waals surface area contributed by atoms with Crippen molar-refractivity contribution in [1.29, 1.82) is 0 Å². The molecular formula is C11H24N2. The van der Waals surface area contributed by atoms with E-state index in [1.54, 1.807) is 0 Å². The molecule has 0 saturated carbocycles. The molecule has 0 aromatic carbocycles. The van der Waals surface area contributed by atoms with Gasteiger partial charge in [-0.25, -0.2) is 0 Å². The van der Waals surface area contributed by atoms with Gasteiger partial charge in [0.15, 0.2) is 0 Å². The highest BCUT2D eigenvalue weighted by Gasteiger charge is 2.23. The molecule has 1 saturated heterocycles. The van der Waals surface area contributed by atoms with Gasteiger partial charge in [0.1, 0.15) is 0 Å². The number of nitrogens with zero attached hydrogens (tertiary/aromatic N) is 1. The van der Waals surface area contributed by atoms with Crippen molar-refractivity contribution in [2.45, 2.75) is 39.7 Å². The molecule has 13 heavy (non-hydrogen) atoms. The van der Waals surface area contributed by atoms with Crippen LogP contribution in [0.4, 0.5) is 0 Å². The first-order valence-corrected chi connectivity index (χ1v) is 5.61. The summed E-state index contributed by atoms with van der Waals surface area (Å²) in [5, 5.41) is 0. The second-order valence-corrected chi connectivity index (χ2v) is 4.70. The lowest BCUT2D eigenvalue weighted by Crippen LogP contribution is -2.48. The van der Waals surface area contributed by atoms with Gasteiger partial charge >= 0.3 is 0 Å². The summed E-state index contributed by atoms with van der Waals surface area (Å²) < 4.78 is 0. The molecule has 78 valence electrons. The fraction of sp³-hybridized carbons (Fsp3) is 1.00. The van der Waals surface area contributed by atoms with E-state index in [4.69, 9.17) is 5.73 Å². The Bertz CT molecular complexity index is 145. The first-order chi connectivity index (χ1) is 6.13. The molecule has 2 N–H and O–H groups in total. The fourth-order valence-electron chi connectivity index (χ4n) is 1.91. The minimum atomic E-state index is 0.401. The third-order valence-corrected chi connectivity index (χ3v) is 3.37. The van der Waals surface area contributed by atoms with Crippen LogP contribution >= 0.6 is 0 Å². The third kappa shape index (κ3) is 3.28. The number of rotatable bonds is 3. The van der Waals surface area contributed by atoms with Gasteiger partial charge in [-0.2, -0.15) is 0 Å². The Balaban J connectivity index is 2.29. The van der Waals surface area contributed by atoms with Gasteiger partial charge in [-0.1, -0.05) is 27.2 Å². The van der Waals surface area contributed by atoms with E-state index in [1.807, 2.05) is 0 Å². The summed E-state index contributed by atoms with van der Waals surface area (Å²) >= 11 is 0. The molecular weight excluding hydrogens is 160 g/mol. The van der Waals surface area contributed by atoms with E-state index in [1.165, 1.54) is 25.9 Å². The zero-order valence-corrected chi connectivity index (χ0v) is 9.29. The van der Waals surface area contributed by atoms with Crippen LogP contribution < -0.4 is 5.73 Å². The van der Waals surface area contributed by atoms with Gasteiger partial charge in [0.25, 0.3) is 0 Å². The predicted molar refractivity (Wildman–Crippen MR) is 57.7 cm³/mol. The maximum atomic E-state index is 6.04. The van der Waals surface area contributed by atoms with E-state index in [-0.39, 0.29) is 0 Å². The van der Waals surface area contributed by atoms with E-state index in [0.29, 0.717) is 12.0 Å². The number of hydrogen-bond acceptors (Lipinski definition) is 2. The second-order valence-electron chi connectivity index (χ2n) is 4.70. The molecule has 0 radical (unpaired) electrons. The Morgan fingerprint density at radius 1 is 1.54 bits per heavy atom. The van der Waals surface area contributed by atoms with E-state index in [0.717, 1.165) is 12.5 Å². The number of likely N-dealkylation sites (tertiary alicyclic amines) is 1. The number of piperidine rings is 1. The van der Waals surface area contributed by atoms with Crippen molar-refractivity contribution in [1.82, 2.24) is 4.90 Å². The second kappa shape index (κ2) is 4.97. The van der Waals surface area contributed by atoms with E-state index in [2.05, 4.69) is 25.7 Å². The zero-order chi connectivity index (χ0) is 9.84. The summed E-state index contributed by atoms with van der Waals surface area (Å²) in [5.41, 5.74) is 6.04. The van der Waals surface area contributed by atoms with Crippen LogP contribution in [-0.2, 0) is 0 Å².